The molecule has 0 N–H and O–H groups in total. The molecule has 8 heavy (non-hydrogen) atoms. The fraction of sp³-hybridized carbons (Fsp3) is 1.00. The van der Waals surface area contributed by atoms with Crippen molar-refractivity contribution in [2.45, 2.75) is 0 Å². The van der Waals surface area contributed by atoms with Crippen molar-refractivity contribution in [2.75, 3.05) is 14.2 Å². The summed E-state index contributed by atoms with van der Waals surface area (Å²) in [5, 5.41) is 0. The van der Waals surface area contributed by atoms with Gasteiger partial charge < -0.3 is 21.3 Å². The standard InChI is InChI=1S/C2H7O3PS.Na/c1-4-6(3,7)5-2;/h1-2H3,(H,3,7);/q;+1/p-1. The van der Waals surface area contributed by atoms with Gasteiger partial charge in [0.05, 0.1) is 0 Å². The summed E-state index contributed by atoms with van der Waals surface area (Å²) in [6, 6.07) is 0. The first kappa shape index (κ1) is 12.2. The minimum Gasteiger partial charge on any atom is -0.660 e. The maximum atomic E-state index is 10.3. The third kappa shape index (κ3) is 5.63. The van der Waals surface area contributed by atoms with Crippen molar-refractivity contribution in [3.8, 4) is 0 Å². The van der Waals surface area contributed by atoms with E-state index >= 15 is 0 Å². The molecule has 44 valence electrons. The van der Waals surface area contributed by atoms with Crippen molar-refractivity contribution in [1.82, 2.24) is 0 Å². The second-order valence-corrected chi connectivity index (χ2v) is 3.78. The van der Waals surface area contributed by atoms with Crippen LogP contribution in [0.25, 0.3) is 0 Å². The Bertz CT molecular complexity index is 89.3. The average Bonchev–Trinajstić information content (AvgIpc) is 1.68. The fourth-order valence-electron chi connectivity index (χ4n) is 0.0745. The van der Waals surface area contributed by atoms with Gasteiger partial charge in [0.1, 0.15) is 0 Å². The summed E-state index contributed by atoms with van der Waals surface area (Å²) in [5.74, 6) is 0. The molecule has 6 heteroatoms. The Morgan fingerprint density at radius 2 is 1.62 bits per heavy atom. The topological polar surface area (TPSA) is 35.5 Å². The molecule has 0 aromatic carbocycles. The van der Waals surface area contributed by atoms with Crippen molar-refractivity contribution in [2.24, 2.45) is 0 Å². The molecule has 0 radical (unpaired) electrons. The normalized spacial score (nSPS) is 10.4. The third-order valence-electron chi connectivity index (χ3n) is 0.447. The Morgan fingerprint density at radius 1 is 1.38 bits per heavy atom. The fourth-order valence-corrected chi connectivity index (χ4v) is 0.224. The molecule has 0 fully saturated rings. The van der Waals surface area contributed by atoms with E-state index in [1.54, 1.807) is 0 Å². The van der Waals surface area contributed by atoms with Gasteiger partial charge in [-0.2, -0.15) is 0 Å². The molecule has 0 spiro atoms. The van der Waals surface area contributed by atoms with Gasteiger partial charge in [0, 0.05) is 14.2 Å². The molecule has 0 saturated carbocycles. The first-order valence-corrected chi connectivity index (χ1v) is 4.10. The number of hydrogen-bond acceptors (Lipinski definition) is 4. The molecule has 0 unspecified atom stereocenters. The van der Waals surface area contributed by atoms with Crippen molar-refractivity contribution in [1.29, 1.82) is 0 Å². The largest absolute Gasteiger partial charge is 1.00 e. The van der Waals surface area contributed by atoms with Crippen LogP contribution in [-0.2, 0) is 25.9 Å². The van der Waals surface area contributed by atoms with E-state index in [-0.39, 0.29) is 29.6 Å². The van der Waals surface area contributed by atoms with Crippen LogP contribution in [0.15, 0.2) is 0 Å². The van der Waals surface area contributed by atoms with Crippen LogP contribution in [0.2, 0.25) is 0 Å². The van der Waals surface area contributed by atoms with Gasteiger partial charge in [-0.3, -0.25) is 4.57 Å². The summed E-state index contributed by atoms with van der Waals surface area (Å²) in [6.07, 6.45) is 0. The maximum Gasteiger partial charge on any atom is 1.00 e. The molecule has 0 rings (SSSR count). The molecular weight excluding hydrogens is 158 g/mol. The molecule has 0 aliphatic carbocycles. The van der Waals surface area contributed by atoms with Gasteiger partial charge in [-0.05, 0) is 0 Å². The van der Waals surface area contributed by atoms with E-state index < -0.39 is 6.80 Å². The van der Waals surface area contributed by atoms with Gasteiger partial charge >= 0.3 is 29.6 Å². The van der Waals surface area contributed by atoms with Gasteiger partial charge in [0.15, 0.2) is 6.80 Å². The van der Waals surface area contributed by atoms with Gasteiger partial charge in [-0.25, -0.2) is 0 Å². The first-order chi connectivity index (χ1) is 3.12. The Balaban J connectivity index is 0. The van der Waals surface area contributed by atoms with E-state index in [0.717, 1.165) is 0 Å². The Kier molecular flexibility index (Phi) is 8.08. The van der Waals surface area contributed by atoms with Crippen LogP contribution < -0.4 is 29.6 Å². The predicted octanol–water partition coefficient (Wildman–Crippen LogP) is -2.06. The zero-order valence-corrected chi connectivity index (χ0v) is 8.79. The van der Waals surface area contributed by atoms with Crippen LogP contribution in [0.1, 0.15) is 0 Å². The second-order valence-electron chi connectivity index (χ2n) is 0.812. The minimum absolute atomic E-state index is 0. The van der Waals surface area contributed by atoms with E-state index in [1.807, 2.05) is 0 Å². The number of hydrogen-bond donors (Lipinski definition) is 0. The Morgan fingerprint density at radius 3 is 1.62 bits per heavy atom. The van der Waals surface area contributed by atoms with Crippen LogP contribution in [0.3, 0.4) is 0 Å². The first-order valence-electron chi connectivity index (χ1n) is 1.55. The minimum atomic E-state index is -3.07. The smallest absolute Gasteiger partial charge is 0.660 e. The Hall–Kier alpha value is 1.50. The van der Waals surface area contributed by atoms with Crippen LogP contribution in [0, 0.1) is 0 Å². The molecule has 0 aromatic heterocycles. The number of rotatable bonds is 2. The van der Waals surface area contributed by atoms with E-state index in [2.05, 4.69) is 21.3 Å². The van der Waals surface area contributed by atoms with Crippen LogP contribution in [0.4, 0.5) is 0 Å². The second kappa shape index (κ2) is 5.30. The molecule has 0 aliphatic heterocycles. The zero-order valence-electron chi connectivity index (χ0n) is 5.08. The Labute approximate surface area is 76.1 Å². The van der Waals surface area contributed by atoms with Gasteiger partial charge in [0.2, 0.25) is 0 Å². The van der Waals surface area contributed by atoms with Gasteiger partial charge in [-0.15, -0.1) is 0 Å². The SMILES string of the molecule is COP(=O)([S-])OC.[Na+]. The average molecular weight is 164 g/mol. The molecule has 0 aromatic rings. The molecule has 3 nitrogen and oxygen atoms in total. The summed E-state index contributed by atoms with van der Waals surface area (Å²) < 4.78 is 18.8. The van der Waals surface area contributed by atoms with Crippen LogP contribution >= 0.6 is 6.80 Å². The van der Waals surface area contributed by atoms with E-state index in [9.17, 15) is 4.57 Å². The molecule has 0 aliphatic rings. The quantitative estimate of drug-likeness (QED) is 0.267. The third-order valence-corrected chi connectivity index (χ3v) is 2.24. The monoisotopic (exact) mass is 164 g/mol. The summed E-state index contributed by atoms with van der Waals surface area (Å²) >= 11 is 4.26. The molecule has 0 heterocycles. The summed E-state index contributed by atoms with van der Waals surface area (Å²) in [5.41, 5.74) is 0. The van der Waals surface area contributed by atoms with E-state index in [0.29, 0.717) is 0 Å². The van der Waals surface area contributed by atoms with Crippen LogP contribution in [0.5, 0.6) is 0 Å². The molecular formula is C2H6NaO3PS. The summed E-state index contributed by atoms with van der Waals surface area (Å²) in [4.78, 5) is 0. The van der Waals surface area contributed by atoms with Crippen molar-refractivity contribution >= 4 is 19.0 Å². The van der Waals surface area contributed by atoms with Crippen LogP contribution in [-0.4, -0.2) is 14.2 Å². The van der Waals surface area contributed by atoms with Crippen molar-refractivity contribution in [3.63, 3.8) is 0 Å². The predicted molar refractivity (Wildman–Crippen MR) is 29.0 cm³/mol. The van der Waals surface area contributed by atoms with Gasteiger partial charge in [-0.1, -0.05) is 0 Å². The molecule has 0 bridgehead atoms. The molecule has 0 saturated heterocycles. The maximum absolute atomic E-state index is 10.3. The van der Waals surface area contributed by atoms with E-state index in [4.69, 9.17) is 0 Å². The summed E-state index contributed by atoms with van der Waals surface area (Å²) in [7, 11) is 2.49. The molecule has 0 amide bonds. The van der Waals surface area contributed by atoms with Crippen molar-refractivity contribution < 1.29 is 43.2 Å². The zero-order chi connectivity index (χ0) is 5.91. The van der Waals surface area contributed by atoms with Crippen molar-refractivity contribution in [3.05, 3.63) is 0 Å². The van der Waals surface area contributed by atoms with E-state index in [1.165, 1.54) is 14.2 Å². The summed E-state index contributed by atoms with van der Waals surface area (Å²) in [6.45, 7) is -3.07. The molecule has 0 atom stereocenters. The van der Waals surface area contributed by atoms with Gasteiger partial charge in [0.25, 0.3) is 0 Å².